The normalized spacial score (nSPS) is 23.0. The molecule has 2 aliphatic heterocycles. The van der Waals surface area contributed by atoms with Gasteiger partial charge < -0.3 is 10.1 Å². The van der Waals surface area contributed by atoms with E-state index in [4.69, 9.17) is 4.74 Å². The Bertz CT molecular complexity index is 445. The van der Waals surface area contributed by atoms with Crippen molar-refractivity contribution in [3.8, 4) is 0 Å². The molecule has 1 aromatic rings. The molecule has 1 aromatic heterocycles. The molecule has 23 heavy (non-hydrogen) atoms. The van der Waals surface area contributed by atoms with Gasteiger partial charge in [-0.15, -0.1) is 23.7 Å². The van der Waals surface area contributed by atoms with Crippen LogP contribution in [0.3, 0.4) is 0 Å². The van der Waals surface area contributed by atoms with Gasteiger partial charge in [-0.3, -0.25) is 9.80 Å². The zero-order valence-electron chi connectivity index (χ0n) is 14.1. The highest BCUT2D eigenvalue weighted by molar-refractivity contribution is 7.10. The van der Waals surface area contributed by atoms with Gasteiger partial charge in [-0.2, -0.15) is 0 Å². The van der Waals surface area contributed by atoms with Crippen molar-refractivity contribution in [3.63, 3.8) is 0 Å². The first kappa shape index (κ1) is 19.2. The summed E-state index contributed by atoms with van der Waals surface area (Å²) in [6, 6.07) is 2.94. The van der Waals surface area contributed by atoms with Gasteiger partial charge >= 0.3 is 0 Å². The van der Waals surface area contributed by atoms with Crippen molar-refractivity contribution in [1.82, 2.24) is 15.1 Å². The van der Waals surface area contributed by atoms with E-state index in [1.54, 1.807) is 0 Å². The van der Waals surface area contributed by atoms with Crippen LogP contribution in [-0.4, -0.2) is 68.3 Å². The molecule has 0 amide bonds. The number of hydrogen-bond acceptors (Lipinski definition) is 5. The van der Waals surface area contributed by atoms with Gasteiger partial charge in [-0.1, -0.05) is 0 Å². The molecule has 0 bridgehead atoms. The molecule has 3 rings (SSSR count). The highest BCUT2D eigenvalue weighted by Crippen LogP contribution is 2.21. The van der Waals surface area contributed by atoms with Crippen molar-refractivity contribution >= 4 is 23.7 Å². The maximum absolute atomic E-state index is 5.46. The van der Waals surface area contributed by atoms with Crippen LogP contribution in [0.25, 0.3) is 0 Å². The summed E-state index contributed by atoms with van der Waals surface area (Å²) in [6.07, 6.45) is 2.64. The highest BCUT2D eigenvalue weighted by atomic mass is 35.5. The van der Waals surface area contributed by atoms with E-state index in [0.29, 0.717) is 6.04 Å². The van der Waals surface area contributed by atoms with Crippen LogP contribution in [0.2, 0.25) is 0 Å². The topological polar surface area (TPSA) is 27.7 Å². The number of nitrogens with one attached hydrogen (secondary N) is 1. The predicted molar refractivity (Wildman–Crippen MR) is 99.9 cm³/mol. The third kappa shape index (κ3) is 5.69. The molecule has 0 aliphatic carbocycles. The van der Waals surface area contributed by atoms with Crippen LogP contribution in [0.4, 0.5) is 0 Å². The van der Waals surface area contributed by atoms with Gasteiger partial charge in [0.15, 0.2) is 0 Å². The van der Waals surface area contributed by atoms with Crippen LogP contribution in [0.15, 0.2) is 11.4 Å². The average Bonchev–Trinajstić information content (AvgIpc) is 2.98. The summed E-state index contributed by atoms with van der Waals surface area (Å²) in [7, 11) is 0. The molecule has 1 unspecified atom stereocenters. The van der Waals surface area contributed by atoms with Crippen molar-refractivity contribution in [3.05, 3.63) is 21.9 Å². The van der Waals surface area contributed by atoms with Crippen molar-refractivity contribution in [2.24, 2.45) is 0 Å². The summed E-state index contributed by atoms with van der Waals surface area (Å²) in [5.74, 6) is 0. The molecular weight excluding hydrogens is 330 g/mol. The SMILES string of the molecule is Cc1ccsc1CN(CCN1CCOCC1)C1CCCNC1.Cl. The van der Waals surface area contributed by atoms with Crippen molar-refractivity contribution in [2.75, 3.05) is 52.5 Å². The van der Waals surface area contributed by atoms with Gasteiger partial charge in [0.25, 0.3) is 0 Å². The van der Waals surface area contributed by atoms with Gasteiger partial charge in [0.05, 0.1) is 13.2 Å². The number of morpholine rings is 1. The van der Waals surface area contributed by atoms with E-state index >= 15 is 0 Å². The zero-order valence-corrected chi connectivity index (χ0v) is 15.8. The van der Waals surface area contributed by atoms with Crippen LogP contribution < -0.4 is 5.32 Å². The second-order valence-electron chi connectivity index (χ2n) is 6.45. The number of hydrogen-bond donors (Lipinski definition) is 1. The smallest absolute Gasteiger partial charge is 0.0594 e. The summed E-state index contributed by atoms with van der Waals surface area (Å²) >= 11 is 1.91. The number of piperidine rings is 1. The number of nitrogens with zero attached hydrogens (tertiary/aromatic N) is 2. The Kier molecular flexibility index (Phi) is 8.30. The van der Waals surface area contributed by atoms with Crippen LogP contribution >= 0.6 is 23.7 Å². The standard InChI is InChI=1S/C17H29N3OS.ClH/c1-15-4-12-22-17(15)14-20(16-3-2-5-18-13-16)7-6-19-8-10-21-11-9-19;/h4,12,16,18H,2-3,5-11,13-14H2,1H3;1H. The lowest BCUT2D eigenvalue weighted by atomic mass is 10.1. The summed E-state index contributed by atoms with van der Waals surface area (Å²) in [5.41, 5.74) is 1.45. The van der Waals surface area contributed by atoms with Gasteiger partial charge in [0.2, 0.25) is 0 Å². The van der Waals surface area contributed by atoms with Crippen molar-refractivity contribution in [1.29, 1.82) is 0 Å². The summed E-state index contributed by atoms with van der Waals surface area (Å²) in [4.78, 5) is 6.79. The van der Waals surface area contributed by atoms with E-state index in [0.717, 1.165) is 39.4 Å². The minimum Gasteiger partial charge on any atom is -0.379 e. The third-order valence-corrected chi connectivity index (χ3v) is 5.92. The first-order valence-electron chi connectivity index (χ1n) is 8.61. The number of halogens is 1. The van der Waals surface area contributed by atoms with Crippen molar-refractivity contribution < 1.29 is 4.74 Å². The minimum absolute atomic E-state index is 0. The maximum Gasteiger partial charge on any atom is 0.0594 e. The Morgan fingerprint density at radius 3 is 2.87 bits per heavy atom. The lowest BCUT2D eigenvalue weighted by Gasteiger charge is -2.36. The van der Waals surface area contributed by atoms with Gasteiger partial charge in [0, 0.05) is 50.2 Å². The number of thiophene rings is 1. The van der Waals surface area contributed by atoms with Gasteiger partial charge in [0.1, 0.15) is 0 Å². The van der Waals surface area contributed by atoms with E-state index in [2.05, 4.69) is 33.5 Å². The van der Waals surface area contributed by atoms with Crippen molar-refractivity contribution in [2.45, 2.75) is 32.4 Å². The average molecular weight is 360 g/mol. The molecule has 6 heteroatoms. The molecule has 1 N–H and O–H groups in total. The molecule has 3 heterocycles. The fraction of sp³-hybridized carbons (Fsp3) is 0.765. The minimum atomic E-state index is 0. The quantitative estimate of drug-likeness (QED) is 0.843. The second-order valence-corrected chi connectivity index (χ2v) is 7.45. The fourth-order valence-corrected chi connectivity index (χ4v) is 4.31. The largest absolute Gasteiger partial charge is 0.379 e. The first-order chi connectivity index (χ1) is 10.8. The van der Waals surface area contributed by atoms with E-state index in [1.807, 2.05) is 11.3 Å². The fourth-order valence-electron chi connectivity index (χ4n) is 3.38. The Balaban J connectivity index is 0.00000192. The molecular formula is C17H30ClN3OS. The zero-order chi connectivity index (χ0) is 15.2. The molecule has 0 aromatic carbocycles. The molecule has 132 valence electrons. The summed E-state index contributed by atoms with van der Waals surface area (Å²) in [5, 5.41) is 5.80. The Morgan fingerprint density at radius 2 is 2.22 bits per heavy atom. The Hall–Kier alpha value is -0.170. The lowest BCUT2D eigenvalue weighted by Crippen LogP contribution is -2.49. The van der Waals surface area contributed by atoms with Crippen LogP contribution in [0.1, 0.15) is 23.3 Å². The molecule has 2 saturated heterocycles. The Morgan fingerprint density at radius 1 is 1.39 bits per heavy atom. The molecule has 4 nitrogen and oxygen atoms in total. The summed E-state index contributed by atoms with van der Waals surface area (Å²) < 4.78 is 5.46. The summed E-state index contributed by atoms with van der Waals surface area (Å²) in [6.45, 7) is 12.0. The van der Waals surface area contributed by atoms with Crippen LogP contribution in [-0.2, 0) is 11.3 Å². The maximum atomic E-state index is 5.46. The molecule has 0 saturated carbocycles. The van der Waals surface area contributed by atoms with E-state index in [1.165, 1.54) is 42.9 Å². The molecule has 2 aliphatic rings. The number of rotatable bonds is 6. The molecule has 1 atom stereocenters. The molecule has 0 spiro atoms. The van der Waals surface area contributed by atoms with Crippen LogP contribution in [0, 0.1) is 6.92 Å². The monoisotopic (exact) mass is 359 g/mol. The lowest BCUT2D eigenvalue weighted by molar-refractivity contribution is 0.0291. The Labute approximate surface area is 150 Å². The second kappa shape index (κ2) is 9.97. The van der Waals surface area contributed by atoms with Crippen LogP contribution in [0.5, 0.6) is 0 Å². The van der Waals surface area contributed by atoms with E-state index in [9.17, 15) is 0 Å². The molecule has 2 fully saturated rings. The van der Waals surface area contributed by atoms with E-state index in [-0.39, 0.29) is 12.4 Å². The molecule has 0 radical (unpaired) electrons. The predicted octanol–water partition coefficient (Wildman–Crippen LogP) is 2.36. The first-order valence-corrected chi connectivity index (χ1v) is 9.49. The van der Waals surface area contributed by atoms with Gasteiger partial charge in [-0.25, -0.2) is 0 Å². The number of aryl methyl sites for hydroxylation is 1. The number of ether oxygens (including phenoxy) is 1. The highest BCUT2D eigenvalue weighted by Gasteiger charge is 2.23. The van der Waals surface area contributed by atoms with Gasteiger partial charge in [-0.05, 0) is 43.3 Å². The van der Waals surface area contributed by atoms with E-state index < -0.39 is 0 Å². The third-order valence-electron chi connectivity index (χ3n) is 4.91.